The Labute approximate surface area is 183 Å². The van der Waals surface area contributed by atoms with Crippen LogP contribution in [-0.4, -0.2) is 26.6 Å². The van der Waals surface area contributed by atoms with Gasteiger partial charge in [0.15, 0.2) is 0 Å². The summed E-state index contributed by atoms with van der Waals surface area (Å²) >= 11 is 0. The molecule has 7 nitrogen and oxygen atoms in total. The highest BCUT2D eigenvalue weighted by Gasteiger charge is 2.20. The van der Waals surface area contributed by atoms with Gasteiger partial charge in [0.25, 0.3) is 17.8 Å². The number of halogens is 1. The first kappa shape index (κ1) is 20.9. The van der Waals surface area contributed by atoms with Gasteiger partial charge in [-0.2, -0.15) is 9.67 Å². The smallest absolute Gasteiger partial charge is 0.258 e. The molecule has 0 saturated carbocycles. The summed E-state index contributed by atoms with van der Waals surface area (Å²) in [7, 11) is 0. The maximum Gasteiger partial charge on any atom is 0.258 e. The Kier molecular flexibility index (Phi) is 5.76. The summed E-state index contributed by atoms with van der Waals surface area (Å²) in [6, 6.07) is 20.1. The largest absolute Gasteiger partial charge is 0.290 e. The zero-order valence-electron chi connectivity index (χ0n) is 17.5. The molecule has 160 valence electrons. The lowest BCUT2D eigenvalue weighted by atomic mass is 10.1. The van der Waals surface area contributed by atoms with Crippen LogP contribution in [0.2, 0.25) is 0 Å². The fraction of sp³-hybridized carbons (Fsp3) is 0.0833. The van der Waals surface area contributed by atoms with Gasteiger partial charge in [-0.25, -0.2) is 4.39 Å². The van der Waals surface area contributed by atoms with Gasteiger partial charge in [0.05, 0.1) is 0 Å². The first-order valence-corrected chi connectivity index (χ1v) is 9.90. The van der Waals surface area contributed by atoms with Crippen LogP contribution in [0.3, 0.4) is 0 Å². The molecular formula is C24H20FN5O2. The van der Waals surface area contributed by atoms with E-state index in [0.717, 1.165) is 15.8 Å². The Morgan fingerprint density at radius 2 is 1.31 bits per heavy atom. The van der Waals surface area contributed by atoms with Crippen LogP contribution in [0.1, 0.15) is 31.8 Å². The van der Waals surface area contributed by atoms with Gasteiger partial charge in [-0.05, 0) is 49.2 Å². The summed E-state index contributed by atoms with van der Waals surface area (Å²) in [5.41, 5.74) is 2.54. The van der Waals surface area contributed by atoms with Gasteiger partial charge < -0.3 is 0 Å². The molecule has 0 saturated heterocycles. The lowest BCUT2D eigenvalue weighted by Crippen LogP contribution is -2.17. The van der Waals surface area contributed by atoms with Crippen molar-refractivity contribution in [2.45, 2.75) is 13.8 Å². The third-order valence-electron chi connectivity index (χ3n) is 4.92. The van der Waals surface area contributed by atoms with E-state index in [9.17, 15) is 14.0 Å². The van der Waals surface area contributed by atoms with E-state index in [1.54, 1.807) is 36.4 Å². The first-order valence-electron chi connectivity index (χ1n) is 9.90. The molecule has 0 aliphatic rings. The second-order valence-corrected chi connectivity index (χ2v) is 7.16. The molecule has 0 unspecified atom stereocenters. The van der Waals surface area contributed by atoms with E-state index in [0.29, 0.717) is 11.1 Å². The van der Waals surface area contributed by atoms with Gasteiger partial charge in [0.1, 0.15) is 11.5 Å². The maximum absolute atomic E-state index is 14.5. The van der Waals surface area contributed by atoms with Crippen LogP contribution in [0.4, 0.5) is 16.3 Å². The minimum atomic E-state index is -0.555. The van der Waals surface area contributed by atoms with Crippen molar-refractivity contribution in [2.75, 3.05) is 10.6 Å². The number of rotatable bonds is 5. The van der Waals surface area contributed by atoms with Crippen LogP contribution in [0.15, 0.2) is 72.8 Å². The number of para-hydroxylation sites is 1. The molecular weight excluding hydrogens is 409 g/mol. The Hall–Kier alpha value is -4.33. The van der Waals surface area contributed by atoms with E-state index in [-0.39, 0.29) is 17.6 Å². The van der Waals surface area contributed by atoms with Crippen molar-refractivity contribution in [1.82, 2.24) is 14.8 Å². The summed E-state index contributed by atoms with van der Waals surface area (Å²) in [4.78, 5) is 29.8. The van der Waals surface area contributed by atoms with Gasteiger partial charge in [0, 0.05) is 11.1 Å². The number of anilines is 2. The monoisotopic (exact) mass is 429 g/mol. The highest BCUT2D eigenvalue weighted by Crippen LogP contribution is 2.21. The highest BCUT2D eigenvalue weighted by atomic mass is 19.1. The Morgan fingerprint density at radius 1 is 0.781 bits per heavy atom. The third kappa shape index (κ3) is 4.24. The van der Waals surface area contributed by atoms with Crippen LogP contribution >= 0.6 is 0 Å². The molecule has 3 aromatic carbocycles. The molecule has 4 aromatic rings. The Balaban J connectivity index is 1.70. The molecule has 0 aliphatic carbocycles. The Morgan fingerprint density at radius 3 is 1.91 bits per heavy atom. The second kappa shape index (κ2) is 8.81. The van der Waals surface area contributed by atoms with Crippen LogP contribution in [-0.2, 0) is 0 Å². The molecule has 0 bridgehead atoms. The van der Waals surface area contributed by atoms with Crippen molar-refractivity contribution in [3.63, 3.8) is 0 Å². The summed E-state index contributed by atoms with van der Waals surface area (Å²) < 4.78 is 15.6. The average molecular weight is 429 g/mol. The molecule has 1 heterocycles. The number of nitrogens with one attached hydrogen (secondary N) is 2. The summed E-state index contributed by atoms with van der Waals surface area (Å²) in [5.74, 6) is -1.49. The number of aryl methyl sites for hydroxylation is 2. The molecule has 2 amide bonds. The van der Waals surface area contributed by atoms with Crippen LogP contribution in [0.25, 0.3) is 5.69 Å². The normalized spacial score (nSPS) is 10.6. The van der Waals surface area contributed by atoms with Crippen LogP contribution in [0.5, 0.6) is 0 Å². The molecule has 0 atom stereocenters. The third-order valence-corrected chi connectivity index (χ3v) is 4.92. The fourth-order valence-electron chi connectivity index (χ4n) is 3.23. The number of carbonyl (C=O) groups excluding carboxylic acids is 2. The van der Waals surface area contributed by atoms with E-state index < -0.39 is 17.6 Å². The van der Waals surface area contributed by atoms with Crippen molar-refractivity contribution in [1.29, 1.82) is 0 Å². The van der Waals surface area contributed by atoms with E-state index in [2.05, 4.69) is 20.7 Å². The van der Waals surface area contributed by atoms with Crippen molar-refractivity contribution in [3.05, 3.63) is 101 Å². The summed E-state index contributed by atoms with van der Waals surface area (Å²) in [5, 5.41) is 9.51. The van der Waals surface area contributed by atoms with Crippen molar-refractivity contribution in [2.24, 2.45) is 0 Å². The van der Waals surface area contributed by atoms with Crippen molar-refractivity contribution >= 4 is 23.7 Å². The topological polar surface area (TPSA) is 88.9 Å². The minimum Gasteiger partial charge on any atom is -0.290 e. The number of carbonyl (C=O) groups is 2. The standard InChI is InChI=1S/C24H20FN5O2/c1-15-9-3-5-11-17(15)21(31)26-23-28-24(27-22(32)18-12-6-4-10-16(18)2)30(29-23)20-14-8-7-13-19(20)25/h3-14H,1-2H3,(H2,26,27,28,29,31,32). The van der Waals surface area contributed by atoms with Crippen molar-refractivity contribution < 1.29 is 14.0 Å². The number of aromatic nitrogens is 3. The fourth-order valence-corrected chi connectivity index (χ4v) is 3.23. The SMILES string of the molecule is Cc1ccccc1C(=O)Nc1nc(NC(=O)c2ccccc2C)n(-c2ccccc2F)n1. The zero-order valence-corrected chi connectivity index (χ0v) is 17.5. The molecule has 0 radical (unpaired) electrons. The van der Waals surface area contributed by atoms with Gasteiger partial charge >= 0.3 is 0 Å². The zero-order chi connectivity index (χ0) is 22.7. The maximum atomic E-state index is 14.5. The molecule has 8 heteroatoms. The molecule has 1 aromatic heterocycles. The predicted molar refractivity (Wildman–Crippen MR) is 120 cm³/mol. The van der Waals surface area contributed by atoms with Gasteiger partial charge in [-0.15, -0.1) is 5.10 Å². The number of benzene rings is 3. The summed E-state index contributed by atoms with van der Waals surface area (Å²) in [6.45, 7) is 3.62. The molecule has 0 spiro atoms. The molecule has 32 heavy (non-hydrogen) atoms. The second-order valence-electron chi connectivity index (χ2n) is 7.16. The number of amides is 2. The highest BCUT2D eigenvalue weighted by molar-refractivity contribution is 6.06. The lowest BCUT2D eigenvalue weighted by Gasteiger charge is -2.09. The summed E-state index contributed by atoms with van der Waals surface area (Å²) in [6.07, 6.45) is 0. The van der Waals surface area contributed by atoms with E-state index in [1.165, 1.54) is 12.1 Å². The van der Waals surface area contributed by atoms with Gasteiger partial charge in [0.2, 0.25) is 5.95 Å². The van der Waals surface area contributed by atoms with E-state index in [1.807, 2.05) is 38.1 Å². The number of nitrogens with zero attached hydrogens (tertiary/aromatic N) is 3. The molecule has 0 fully saturated rings. The van der Waals surface area contributed by atoms with E-state index in [4.69, 9.17) is 0 Å². The van der Waals surface area contributed by atoms with Gasteiger partial charge in [-0.3, -0.25) is 20.2 Å². The molecule has 4 rings (SSSR count). The minimum absolute atomic E-state index is 0.0246. The molecule has 2 N–H and O–H groups in total. The van der Waals surface area contributed by atoms with E-state index >= 15 is 0 Å². The predicted octanol–water partition coefficient (Wildman–Crippen LogP) is 4.53. The first-order chi connectivity index (χ1) is 15.4. The van der Waals surface area contributed by atoms with Crippen LogP contribution in [0, 0.1) is 19.7 Å². The average Bonchev–Trinajstić information content (AvgIpc) is 3.16. The van der Waals surface area contributed by atoms with Gasteiger partial charge in [-0.1, -0.05) is 48.5 Å². The lowest BCUT2D eigenvalue weighted by molar-refractivity contribution is 0.101. The number of hydrogen-bond acceptors (Lipinski definition) is 4. The quantitative estimate of drug-likeness (QED) is 0.488. The Bertz CT molecular complexity index is 1320. The number of hydrogen-bond donors (Lipinski definition) is 2. The molecule has 0 aliphatic heterocycles. The van der Waals surface area contributed by atoms with Crippen molar-refractivity contribution in [3.8, 4) is 5.69 Å². The van der Waals surface area contributed by atoms with Crippen LogP contribution < -0.4 is 10.6 Å².